The third kappa shape index (κ3) is 3.68. The molecule has 5 heteroatoms. The van der Waals surface area contributed by atoms with Crippen molar-refractivity contribution in [2.75, 3.05) is 32.0 Å². The molecule has 4 nitrogen and oxygen atoms in total. The molecule has 0 saturated carbocycles. The number of anilines is 2. The molecule has 0 amide bonds. The molecule has 1 saturated heterocycles. The molecular formula is C24H26N4S. The minimum absolute atomic E-state index is 0.475. The molecule has 1 aromatic heterocycles. The van der Waals surface area contributed by atoms with E-state index in [2.05, 4.69) is 89.8 Å². The third-order valence-corrected chi connectivity index (χ3v) is 6.83. The normalized spacial score (nSPS) is 19.0. The number of fused-ring (bicyclic) bond motifs is 2. The van der Waals surface area contributed by atoms with Crippen molar-refractivity contribution in [3.63, 3.8) is 0 Å². The second-order valence-corrected chi connectivity index (χ2v) is 9.20. The number of amidine groups is 1. The summed E-state index contributed by atoms with van der Waals surface area (Å²) in [7, 11) is 2.25. The van der Waals surface area contributed by atoms with E-state index in [1.54, 1.807) is 0 Å². The van der Waals surface area contributed by atoms with Gasteiger partial charge in [-0.25, -0.2) is 4.99 Å². The molecule has 2 aromatic carbocycles. The van der Waals surface area contributed by atoms with Crippen molar-refractivity contribution in [1.82, 2.24) is 9.80 Å². The maximum atomic E-state index is 5.15. The number of thiophene rings is 1. The molecule has 0 spiro atoms. The van der Waals surface area contributed by atoms with Crippen LogP contribution in [-0.4, -0.2) is 48.4 Å². The highest BCUT2D eigenvalue weighted by Gasteiger charge is 2.30. The van der Waals surface area contributed by atoms with Gasteiger partial charge in [0.2, 0.25) is 0 Å². The SMILES string of the molecule is Cc1cc2c(s1)Nc1ccccc1N=C2N1CCN(C)[C@@H](Cc2ccccc2)C1. The fourth-order valence-corrected chi connectivity index (χ4v) is 5.15. The molecule has 148 valence electrons. The smallest absolute Gasteiger partial charge is 0.139 e. The van der Waals surface area contributed by atoms with Crippen LogP contribution < -0.4 is 5.32 Å². The van der Waals surface area contributed by atoms with Crippen molar-refractivity contribution in [2.24, 2.45) is 4.99 Å². The first-order valence-electron chi connectivity index (χ1n) is 10.2. The van der Waals surface area contributed by atoms with Gasteiger partial charge in [0.15, 0.2) is 0 Å². The Balaban J connectivity index is 1.49. The van der Waals surface area contributed by atoms with Gasteiger partial charge in [0, 0.05) is 30.6 Å². The average Bonchev–Trinajstić information content (AvgIpc) is 3.02. The first-order valence-corrected chi connectivity index (χ1v) is 11.0. The second kappa shape index (κ2) is 7.65. The minimum atomic E-state index is 0.475. The number of nitrogens with zero attached hydrogens (tertiary/aromatic N) is 3. The highest BCUT2D eigenvalue weighted by atomic mass is 32.1. The summed E-state index contributed by atoms with van der Waals surface area (Å²) in [6, 6.07) is 21.9. The Hall–Kier alpha value is -2.63. The Morgan fingerprint density at radius 2 is 1.86 bits per heavy atom. The summed E-state index contributed by atoms with van der Waals surface area (Å²) in [6.45, 7) is 5.20. The number of hydrogen-bond acceptors (Lipinski definition) is 5. The van der Waals surface area contributed by atoms with Crippen molar-refractivity contribution in [3.05, 3.63) is 76.7 Å². The summed E-state index contributed by atoms with van der Waals surface area (Å²) in [5, 5.41) is 4.82. The van der Waals surface area contributed by atoms with E-state index < -0.39 is 0 Å². The standard InChI is InChI=1S/C24H26N4S/c1-17-14-20-23(25-21-10-6-7-11-22(21)26-24(20)29-17)28-13-12-27(2)19(16-28)15-18-8-4-3-5-9-18/h3-11,14,19,26H,12-13,15-16H2,1-2H3/t19-/m0/s1. The van der Waals surface area contributed by atoms with Crippen molar-refractivity contribution in [3.8, 4) is 0 Å². The Morgan fingerprint density at radius 1 is 1.07 bits per heavy atom. The van der Waals surface area contributed by atoms with Gasteiger partial charge in [0.1, 0.15) is 10.8 Å². The number of aliphatic imine (C=N–C) groups is 1. The van der Waals surface area contributed by atoms with Gasteiger partial charge in [-0.3, -0.25) is 4.90 Å². The average molecular weight is 403 g/mol. The van der Waals surface area contributed by atoms with E-state index in [-0.39, 0.29) is 0 Å². The van der Waals surface area contributed by atoms with E-state index in [4.69, 9.17) is 4.99 Å². The summed E-state index contributed by atoms with van der Waals surface area (Å²) < 4.78 is 0. The number of aryl methyl sites for hydroxylation is 1. The highest BCUT2D eigenvalue weighted by Crippen LogP contribution is 2.39. The van der Waals surface area contributed by atoms with Gasteiger partial charge in [-0.05, 0) is 44.2 Å². The summed E-state index contributed by atoms with van der Waals surface area (Å²) in [4.78, 5) is 11.4. The van der Waals surface area contributed by atoms with Gasteiger partial charge in [-0.2, -0.15) is 0 Å². The fourth-order valence-electron chi connectivity index (χ4n) is 4.23. The van der Waals surface area contributed by atoms with Crippen LogP contribution in [0.1, 0.15) is 16.0 Å². The molecule has 1 N–H and O–H groups in total. The second-order valence-electron chi connectivity index (χ2n) is 7.95. The van der Waals surface area contributed by atoms with Crippen molar-refractivity contribution in [2.45, 2.75) is 19.4 Å². The minimum Gasteiger partial charge on any atom is -0.353 e. The zero-order valence-electron chi connectivity index (χ0n) is 16.9. The first-order chi connectivity index (χ1) is 14.2. The van der Waals surface area contributed by atoms with Gasteiger partial charge in [-0.1, -0.05) is 42.5 Å². The lowest BCUT2D eigenvalue weighted by atomic mass is 10.0. The number of likely N-dealkylation sites (N-methyl/N-ethyl adjacent to an activating group) is 1. The van der Waals surface area contributed by atoms with Gasteiger partial charge >= 0.3 is 0 Å². The largest absolute Gasteiger partial charge is 0.353 e. The lowest BCUT2D eigenvalue weighted by Crippen LogP contribution is -2.54. The quantitative estimate of drug-likeness (QED) is 0.651. The summed E-state index contributed by atoms with van der Waals surface area (Å²) in [5.74, 6) is 1.10. The number of nitrogens with one attached hydrogen (secondary N) is 1. The van der Waals surface area contributed by atoms with Crippen LogP contribution in [0.5, 0.6) is 0 Å². The van der Waals surface area contributed by atoms with Gasteiger partial charge < -0.3 is 10.2 Å². The van der Waals surface area contributed by atoms with E-state index in [9.17, 15) is 0 Å². The Bertz CT molecular complexity index is 1040. The molecular weight excluding hydrogens is 376 g/mol. The predicted octanol–water partition coefficient (Wildman–Crippen LogP) is 5.05. The molecule has 29 heavy (non-hydrogen) atoms. The third-order valence-electron chi connectivity index (χ3n) is 5.87. The van der Waals surface area contributed by atoms with Crippen LogP contribution >= 0.6 is 11.3 Å². The van der Waals surface area contributed by atoms with Crippen molar-refractivity contribution < 1.29 is 0 Å². The van der Waals surface area contributed by atoms with Crippen LogP contribution in [0, 0.1) is 6.92 Å². The Labute approximate surface area is 176 Å². The van der Waals surface area contributed by atoms with Crippen LogP contribution in [0.25, 0.3) is 0 Å². The molecule has 1 atom stereocenters. The van der Waals surface area contributed by atoms with Crippen LogP contribution in [0.2, 0.25) is 0 Å². The van der Waals surface area contributed by atoms with Crippen LogP contribution in [-0.2, 0) is 6.42 Å². The summed E-state index contributed by atoms with van der Waals surface area (Å²) in [6.07, 6.45) is 1.06. The Kier molecular flexibility index (Phi) is 4.86. The molecule has 1 fully saturated rings. The van der Waals surface area contributed by atoms with E-state index >= 15 is 0 Å². The van der Waals surface area contributed by atoms with Crippen molar-refractivity contribution in [1.29, 1.82) is 0 Å². The van der Waals surface area contributed by atoms with Crippen LogP contribution in [0.4, 0.5) is 16.4 Å². The molecule has 3 heterocycles. The Morgan fingerprint density at radius 3 is 2.72 bits per heavy atom. The molecule has 0 aliphatic carbocycles. The van der Waals surface area contributed by atoms with E-state index in [1.165, 1.54) is 21.0 Å². The molecule has 0 unspecified atom stereocenters. The van der Waals surface area contributed by atoms with E-state index in [1.807, 2.05) is 11.3 Å². The maximum Gasteiger partial charge on any atom is 0.139 e. The lowest BCUT2D eigenvalue weighted by Gasteiger charge is -2.41. The van der Waals surface area contributed by atoms with E-state index in [0.29, 0.717) is 6.04 Å². The molecule has 2 aliphatic rings. The maximum absolute atomic E-state index is 5.15. The van der Waals surface area contributed by atoms with E-state index in [0.717, 1.165) is 43.3 Å². The number of benzene rings is 2. The van der Waals surface area contributed by atoms with Crippen LogP contribution in [0.15, 0.2) is 65.7 Å². The number of rotatable bonds is 2. The van der Waals surface area contributed by atoms with Crippen molar-refractivity contribution >= 4 is 33.5 Å². The zero-order chi connectivity index (χ0) is 19.8. The van der Waals surface area contributed by atoms with Gasteiger partial charge in [-0.15, -0.1) is 11.3 Å². The fraction of sp³-hybridized carbons (Fsp3) is 0.292. The number of para-hydroxylation sites is 2. The number of hydrogen-bond donors (Lipinski definition) is 1. The monoisotopic (exact) mass is 402 g/mol. The first kappa shape index (κ1) is 18.4. The molecule has 5 rings (SSSR count). The summed E-state index contributed by atoms with van der Waals surface area (Å²) in [5.41, 5.74) is 4.72. The van der Waals surface area contributed by atoms with Crippen LogP contribution in [0.3, 0.4) is 0 Å². The molecule has 0 bridgehead atoms. The molecule has 0 radical (unpaired) electrons. The predicted molar refractivity (Wildman–Crippen MR) is 123 cm³/mol. The number of piperazine rings is 1. The zero-order valence-corrected chi connectivity index (χ0v) is 17.7. The topological polar surface area (TPSA) is 30.9 Å². The van der Waals surface area contributed by atoms with Gasteiger partial charge in [0.05, 0.1) is 16.9 Å². The molecule has 2 aliphatic heterocycles. The van der Waals surface area contributed by atoms with Gasteiger partial charge in [0.25, 0.3) is 0 Å². The molecule has 3 aromatic rings. The summed E-state index contributed by atoms with van der Waals surface area (Å²) >= 11 is 1.81. The lowest BCUT2D eigenvalue weighted by molar-refractivity contribution is 0.141. The highest BCUT2D eigenvalue weighted by molar-refractivity contribution is 7.16.